The molecular formula is C11H18N2O. The molecule has 0 aliphatic heterocycles. The number of carbonyl (C=O) groups excluding carboxylic acids is 1. The predicted molar refractivity (Wildman–Crippen MR) is 56.0 cm³/mol. The summed E-state index contributed by atoms with van der Waals surface area (Å²) in [6.45, 7) is 4.90. The summed E-state index contributed by atoms with van der Waals surface area (Å²) >= 11 is 0. The molecule has 2 fully saturated rings. The van der Waals surface area contributed by atoms with E-state index < -0.39 is 0 Å². The first kappa shape index (κ1) is 9.71. The molecule has 78 valence electrons. The van der Waals surface area contributed by atoms with Crippen LogP contribution < -0.4 is 5.32 Å². The smallest absolute Gasteiger partial charge is 0.237 e. The average Bonchev–Trinajstić information content (AvgIpc) is 3.03. The number of hydrogen-bond donors (Lipinski definition) is 1. The molecule has 0 atom stereocenters. The summed E-state index contributed by atoms with van der Waals surface area (Å²) in [5, 5.41) is 3.25. The highest BCUT2D eigenvalue weighted by molar-refractivity contribution is 5.79. The van der Waals surface area contributed by atoms with E-state index in [1.165, 1.54) is 25.7 Å². The highest BCUT2D eigenvalue weighted by Gasteiger charge is 2.32. The summed E-state index contributed by atoms with van der Waals surface area (Å²) in [4.78, 5) is 13.7. The highest BCUT2D eigenvalue weighted by Crippen LogP contribution is 2.26. The number of nitrogens with one attached hydrogen (secondary N) is 1. The van der Waals surface area contributed by atoms with E-state index in [-0.39, 0.29) is 5.91 Å². The van der Waals surface area contributed by atoms with Crippen LogP contribution >= 0.6 is 0 Å². The van der Waals surface area contributed by atoms with Gasteiger partial charge >= 0.3 is 0 Å². The van der Waals surface area contributed by atoms with E-state index in [9.17, 15) is 4.79 Å². The second kappa shape index (κ2) is 4.13. The van der Waals surface area contributed by atoms with Crippen LogP contribution in [0.2, 0.25) is 0 Å². The number of carbonyl (C=O) groups is 1. The van der Waals surface area contributed by atoms with Crippen LogP contribution in [-0.2, 0) is 4.79 Å². The van der Waals surface area contributed by atoms with Crippen LogP contribution in [0.1, 0.15) is 25.7 Å². The molecule has 2 rings (SSSR count). The van der Waals surface area contributed by atoms with Crippen LogP contribution in [-0.4, -0.2) is 36.0 Å². The second-order valence-corrected chi connectivity index (χ2v) is 4.22. The molecule has 3 heteroatoms. The molecule has 0 spiro atoms. The molecule has 0 unspecified atom stereocenters. The molecule has 0 aromatic carbocycles. The zero-order chi connectivity index (χ0) is 9.97. The molecular weight excluding hydrogens is 176 g/mol. The molecule has 0 aromatic rings. The Hall–Kier alpha value is -0.830. The molecule has 0 aromatic heterocycles. The number of nitrogens with zero attached hydrogens (tertiary/aromatic N) is 1. The van der Waals surface area contributed by atoms with Gasteiger partial charge in [-0.2, -0.15) is 0 Å². The van der Waals surface area contributed by atoms with Gasteiger partial charge < -0.3 is 10.2 Å². The number of rotatable bonds is 6. The lowest BCUT2D eigenvalue weighted by Crippen LogP contribution is -2.40. The Kier molecular flexibility index (Phi) is 2.87. The molecule has 0 heterocycles. The van der Waals surface area contributed by atoms with Crippen molar-refractivity contribution >= 4 is 5.91 Å². The van der Waals surface area contributed by atoms with E-state index in [0.717, 1.165) is 0 Å². The predicted octanol–water partition coefficient (Wildman–Crippen LogP) is 0.915. The van der Waals surface area contributed by atoms with Crippen molar-refractivity contribution in [1.82, 2.24) is 10.2 Å². The van der Waals surface area contributed by atoms with Gasteiger partial charge in [-0.25, -0.2) is 0 Å². The van der Waals surface area contributed by atoms with E-state index in [4.69, 9.17) is 0 Å². The maximum atomic E-state index is 11.8. The molecule has 2 saturated carbocycles. The van der Waals surface area contributed by atoms with Crippen molar-refractivity contribution in [1.29, 1.82) is 0 Å². The quantitative estimate of drug-likeness (QED) is 0.638. The van der Waals surface area contributed by atoms with E-state index in [0.29, 0.717) is 25.2 Å². The van der Waals surface area contributed by atoms with Crippen LogP contribution in [0.5, 0.6) is 0 Å². The number of hydrogen-bond acceptors (Lipinski definition) is 2. The van der Waals surface area contributed by atoms with Crippen molar-refractivity contribution in [2.75, 3.05) is 13.1 Å². The third-order valence-electron chi connectivity index (χ3n) is 2.75. The molecule has 3 nitrogen and oxygen atoms in total. The van der Waals surface area contributed by atoms with Crippen molar-refractivity contribution < 1.29 is 4.79 Å². The molecule has 1 amide bonds. The van der Waals surface area contributed by atoms with Gasteiger partial charge in [-0.3, -0.25) is 4.79 Å². The van der Waals surface area contributed by atoms with Crippen LogP contribution in [0.15, 0.2) is 12.7 Å². The summed E-state index contributed by atoms with van der Waals surface area (Å²) in [6.07, 6.45) is 6.62. The first-order valence-corrected chi connectivity index (χ1v) is 5.45. The topological polar surface area (TPSA) is 32.3 Å². The van der Waals surface area contributed by atoms with Gasteiger partial charge in [-0.1, -0.05) is 6.08 Å². The van der Waals surface area contributed by atoms with Crippen molar-refractivity contribution in [3.05, 3.63) is 12.7 Å². The molecule has 0 bridgehead atoms. The SMILES string of the molecule is C=CCN(C(=O)CNC1CC1)C1CC1. The van der Waals surface area contributed by atoms with Gasteiger partial charge in [0.25, 0.3) is 0 Å². The molecule has 2 aliphatic rings. The van der Waals surface area contributed by atoms with E-state index >= 15 is 0 Å². The summed E-state index contributed by atoms with van der Waals surface area (Å²) in [7, 11) is 0. The Morgan fingerprint density at radius 3 is 2.64 bits per heavy atom. The van der Waals surface area contributed by atoms with Gasteiger partial charge in [-0.15, -0.1) is 6.58 Å². The number of amides is 1. The van der Waals surface area contributed by atoms with Gasteiger partial charge in [0.15, 0.2) is 0 Å². The normalized spacial score (nSPS) is 20.6. The lowest BCUT2D eigenvalue weighted by Gasteiger charge is -2.20. The maximum Gasteiger partial charge on any atom is 0.237 e. The Morgan fingerprint density at radius 1 is 1.43 bits per heavy atom. The lowest BCUT2D eigenvalue weighted by atomic mass is 10.4. The molecule has 14 heavy (non-hydrogen) atoms. The highest BCUT2D eigenvalue weighted by atomic mass is 16.2. The van der Waals surface area contributed by atoms with Crippen molar-refractivity contribution in [3.8, 4) is 0 Å². The standard InChI is InChI=1S/C11H18N2O/c1-2-7-13(10-5-6-10)11(14)8-12-9-3-4-9/h2,9-10,12H,1,3-8H2. The fraction of sp³-hybridized carbons (Fsp3) is 0.727. The van der Waals surface area contributed by atoms with E-state index in [2.05, 4.69) is 11.9 Å². The largest absolute Gasteiger partial charge is 0.335 e. The Bertz CT molecular complexity index is 231. The minimum atomic E-state index is 0.235. The van der Waals surface area contributed by atoms with Crippen molar-refractivity contribution in [3.63, 3.8) is 0 Å². The van der Waals surface area contributed by atoms with Crippen LogP contribution in [0.25, 0.3) is 0 Å². The molecule has 2 aliphatic carbocycles. The minimum absolute atomic E-state index is 0.235. The fourth-order valence-electron chi connectivity index (χ4n) is 1.60. The average molecular weight is 194 g/mol. The van der Waals surface area contributed by atoms with E-state index in [1.807, 2.05) is 11.0 Å². The second-order valence-electron chi connectivity index (χ2n) is 4.22. The summed E-state index contributed by atoms with van der Waals surface area (Å²) in [5.41, 5.74) is 0. The first-order valence-electron chi connectivity index (χ1n) is 5.45. The summed E-state index contributed by atoms with van der Waals surface area (Å²) in [5.74, 6) is 0.235. The molecule has 0 saturated heterocycles. The molecule has 0 radical (unpaired) electrons. The Balaban J connectivity index is 1.75. The fourth-order valence-corrected chi connectivity index (χ4v) is 1.60. The Labute approximate surface area is 85.2 Å². The summed E-state index contributed by atoms with van der Waals surface area (Å²) < 4.78 is 0. The van der Waals surface area contributed by atoms with Gasteiger partial charge in [0.1, 0.15) is 0 Å². The van der Waals surface area contributed by atoms with E-state index in [1.54, 1.807) is 0 Å². The van der Waals surface area contributed by atoms with Crippen LogP contribution in [0.4, 0.5) is 0 Å². The maximum absolute atomic E-state index is 11.8. The third-order valence-corrected chi connectivity index (χ3v) is 2.75. The van der Waals surface area contributed by atoms with Gasteiger partial charge in [0.2, 0.25) is 5.91 Å². The third kappa shape index (κ3) is 2.58. The molecule has 1 N–H and O–H groups in total. The van der Waals surface area contributed by atoms with Crippen molar-refractivity contribution in [2.24, 2.45) is 0 Å². The van der Waals surface area contributed by atoms with Crippen molar-refractivity contribution in [2.45, 2.75) is 37.8 Å². The first-order chi connectivity index (χ1) is 6.81. The van der Waals surface area contributed by atoms with Gasteiger partial charge in [0.05, 0.1) is 6.54 Å². The monoisotopic (exact) mass is 194 g/mol. The van der Waals surface area contributed by atoms with Crippen LogP contribution in [0, 0.1) is 0 Å². The lowest BCUT2D eigenvalue weighted by molar-refractivity contribution is -0.130. The van der Waals surface area contributed by atoms with Crippen LogP contribution in [0.3, 0.4) is 0 Å². The minimum Gasteiger partial charge on any atom is -0.335 e. The Morgan fingerprint density at radius 2 is 2.14 bits per heavy atom. The summed E-state index contributed by atoms with van der Waals surface area (Å²) in [6, 6.07) is 1.12. The van der Waals surface area contributed by atoms with Gasteiger partial charge in [-0.05, 0) is 25.7 Å². The zero-order valence-corrected chi connectivity index (χ0v) is 8.54. The zero-order valence-electron chi connectivity index (χ0n) is 8.54. The van der Waals surface area contributed by atoms with Gasteiger partial charge in [0, 0.05) is 18.6 Å².